The van der Waals surface area contributed by atoms with Crippen molar-refractivity contribution in [3.63, 3.8) is 0 Å². The minimum absolute atomic E-state index is 0.621. The number of hydrogen-bond donors (Lipinski definition) is 0. The molecular formula is C13H16N2O. The van der Waals surface area contributed by atoms with Gasteiger partial charge in [0.1, 0.15) is 0 Å². The van der Waals surface area contributed by atoms with Crippen molar-refractivity contribution in [2.24, 2.45) is 0 Å². The van der Waals surface area contributed by atoms with Gasteiger partial charge in [-0.25, -0.2) is 0 Å². The monoisotopic (exact) mass is 216 g/mol. The summed E-state index contributed by atoms with van der Waals surface area (Å²) in [4.78, 5) is 0. The molecular weight excluding hydrogens is 200 g/mol. The maximum Gasteiger partial charge on any atom is 0.247 e. The SMILES string of the molecule is CCCc1nnc(-c2cc(C)cc(C)c2)o1. The van der Waals surface area contributed by atoms with Crippen molar-refractivity contribution in [1.29, 1.82) is 0 Å². The largest absolute Gasteiger partial charge is 0.421 e. The summed E-state index contributed by atoms with van der Waals surface area (Å²) in [6.07, 6.45) is 1.87. The van der Waals surface area contributed by atoms with E-state index in [-0.39, 0.29) is 0 Å². The number of benzene rings is 1. The minimum Gasteiger partial charge on any atom is -0.421 e. The van der Waals surface area contributed by atoms with Gasteiger partial charge in [0.15, 0.2) is 0 Å². The van der Waals surface area contributed by atoms with Crippen LogP contribution in [-0.4, -0.2) is 10.2 Å². The van der Waals surface area contributed by atoms with Crippen LogP contribution in [0.25, 0.3) is 11.5 Å². The highest BCUT2D eigenvalue weighted by Crippen LogP contribution is 2.21. The van der Waals surface area contributed by atoms with Gasteiger partial charge in [-0.2, -0.15) is 0 Å². The van der Waals surface area contributed by atoms with E-state index >= 15 is 0 Å². The Morgan fingerprint density at radius 2 is 1.75 bits per heavy atom. The third kappa shape index (κ3) is 2.30. The Labute approximate surface area is 95.5 Å². The molecule has 0 unspecified atom stereocenters. The summed E-state index contributed by atoms with van der Waals surface area (Å²) >= 11 is 0. The molecule has 0 saturated carbocycles. The molecule has 84 valence electrons. The molecule has 0 saturated heterocycles. The third-order valence-corrected chi connectivity index (χ3v) is 2.40. The molecule has 0 radical (unpaired) electrons. The molecule has 0 atom stereocenters. The van der Waals surface area contributed by atoms with Gasteiger partial charge in [0.05, 0.1) is 0 Å². The molecule has 0 spiro atoms. The minimum atomic E-state index is 0.621. The van der Waals surface area contributed by atoms with E-state index in [4.69, 9.17) is 4.42 Å². The first kappa shape index (κ1) is 10.9. The van der Waals surface area contributed by atoms with E-state index in [9.17, 15) is 0 Å². The summed E-state index contributed by atoms with van der Waals surface area (Å²) in [5.74, 6) is 1.34. The third-order valence-electron chi connectivity index (χ3n) is 2.40. The molecule has 3 heteroatoms. The quantitative estimate of drug-likeness (QED) is 0.790. The van der Waals surface area contributed by atoms with Crippen LogP contribution in [0.4, 0.5) is 0 Å². The number of nitrogens with zero attached hydrogens (tertiary/aromatic N) is 2. The standard InChI is InChI=1S/C13H16N2O/c1-4-5-12-14-15-13(16-12)11-7-9(2)6-10(3)8-11/h6-8H,4-5H2,1-3H3. The molecule has 1 heterocycles. The van der Waals surface area contributed by atoms with Gasteiger partial charge < -0.3 is 4.42 Å². The lowest BCUT2D eigenvalue weighted by Crippen LogP contribution is -1.82. The maximum absolute atomic E-state index is 5.60. The molecule has 0 bridgehead atoms. The highest BCUT2D eigenvalue weighted by Gasteiger charge is 2.08. The van der Waals surface area contributed by atoms with Gasteiger partial charge in [0.25, 0.3) is 0 Å². The zero-order valence-electron chi connectivity index (χ0n) is 9.95. The van der Waals surface area contributed by atoms with Crippen LogP contribution in [-0.2, 0) is 6.42 Å². The Kier molecular flexibility index (Phi) is 3.04. The Morgan fingerprint density at radius 3 is 2.38 bits per heavy atom. The molecule has 2 rings (SSSR count). The number of aryl methyl sites for hydroxylation is 3. The van der Waals surface area contributed by atoms with Crippen molar-refractivity contribution in [2.45, 2.75) is 33.6 Å². The Hall–Kier alpha value is -1.64. The number of rotatable bonds is 3. The summed E-state index contributed by atoms with van der Waals surface area (Å²) in [7, 11) is 0. The Morgan fingerprint density at radius 1 is 1.06 bits per heavy atom. The van der Waals surface area contributed by atoms with E-state index < -0.39 is 0 Å². The topological polar surface area (TPSA) is 38.9 Å². The number of hydrogen-bond acceptors (Lipinski definition) is 3. The van der Waals surface area contributed by atoms with Gasteiger partial charge in [0, 0.05) is 12.0 Å². The first-order valence-corrected chi connectivity index (χ1v) is 5.60. The van der Waals surface area contributed by atoms with Gasteiger partial charge in [-0.3, -0.25) is 0 Å². The smallest absolute Gasteiger partial charge is 0.247 e. The molecule has 0 aliphatic carbocycles. The molecule has 2 aromatic rings. The predicted octanol–water partition coefficient (Wildman–Crippen LogP) is 3.31. The van der Waals surface area contributed by atoms with Crippen molar-refractivity contribution >= 4 is 0 Å². The van der Waals surface area contributed by atoms with Gasteiger partial charge in [-0.05, 0) is 32.4 Å². The first-order chi connectivity index (χ1) is 7.69. The van der Waals surface area contributed by atoms with Crippen LogP contribution in [0.3, 0.4) is 0 Å². The fourth-order valence-electron chi connectivity index (χ4n) is 1.78. The van der Waals surface area contributed by atoms with Crippen LogP contribution in [0.2, 0.25) is 0 Å². The van der Waals surface area contributed by atoms with E-state index in [1.165, 1.54) is 11.1 Å². The van der Waals surface area contributed by atoms with E-state index in [2.05, 4.69) is 49.2 Å². The highest BCUT2D eigenvalue weighted by molar-refractivity contribution is 5.55. The Balaban J connectivity index is 2.34. The summed E-state index contributed by atoms with van der Waals surface area (Å²) in [6.45, 7) is 6.24. The van der Waals surface area contributed by atoms with Gasteiger partial charge in [0.2, 0.25) is 11.8 Å². The zero-order chi connectivity index (χ0) is 11.5. The molecule has 0 aliphatic rings. The number of aromatic nitrogens is 2. The van der Waals surface area contributed by atoms with E-state index in [1.807, 2.05) is 0 Å². The molecule has 0 N–H and O–H groups in total. The van der Waals surface area contributed by atoms with E-state index in [0.717, 1.165) is 24.3 Å². The van der Waals surface area contributed by atoms with Crippen molar-refractivity contribution in [1.82, 2.24) is 10.2 Å². The highest BCUT2D eigenvalue weighted by atomic mass is 16.4. The van der Waals surface area contributed by atoms with Gasteiger partial charge in [-0.15, -0.1) is 10.2 Å². The maximum atomic E-state index is 5.60. The van der Waals surface area contributed by atoms with Crippen LogP contribution in [0.5, 0.6) is 0 Å². The van der Waals surface area contributed by atoms with Gasteiger partial charge in [-0.1, -0.05) is 24.1 Å². The molecule has 0 amide bonds. The lowest BCUT2D eigenvalue weighted by atomic mass is 10.1. The van der Waals surface area contributed by atoms with Gasteiger partial charge >= 0.3 is 0 Å². The van der Waals surface area contributed by atoms with Crippen molar-refractivity contribution in [2.75, 3.05) is 0 Å². The van der Waals surface area contributed by atoms with Crippen molar-refractivity contribution < 1.29 is 4.42 Å². The predicted molar refractivity (Wildman–Crippen MR) is 63.2 cm³/mol. The average Bonchev–Trinajstić information content (AvgIpc) is 2.65. The van der Waals surface area contributed by atoms with Crippen LogP contribution in [0, 0.1) is 13.8 Å². The fourth-order valence-corrected chi connectivity index (χ4v) is 1.78. The summed E-state index contributed by atoms with van der Waals surface area (Å²) < 4.78 is 5.60. The summed E-state index contributed by atoms with van der Waals surface area (Å²) in [6, 6.07) is 6.26. The first-order valence-electron chi connectivity index (χ1n) is 5.60. The van der Waals surface area contributed by atoms with Crippen molar-refractivity contribution in [3.8, 4) is 11.5 Å². The zero-order valence-corrected chi connectivity index (χ0v) is 9.95. The molecule has 16 heavy (non-hydrogen) atoms. The molecule has 0 aliphatic heterocycles. The molecule has 3 nitrogen and oxygen atoms in total. The fraction of sp³-hybridized carbons (Fsp3) is 0.385. The van der Waals surface area contributed by atoms with Crippen LogP contribution < -0.4 is 0 Å². The second-order valence-corrected chi connectivity index (χ2v) is 4.13. The average molecular weight is 216 g/mol. The second-order valence-electron chi connectivity index (χ2n) is 4.13. The molecule has 0 fully saturated rings. The second kappa shape index (κ2) is 4.47. The van der Waals surface area contributed by atoms with Crippen LogP contribution >= 0.6 is 0 Å². The molecule has 1 aromatic heterocycles. The summed E-state index contributed by atoms with van der Waals surface area (Å²) in [5.41, 5.74) is 3.43. The molecule has 1 aromatic carbocycles. The van der Waals surface area contributed by atoms with E-state index in [0.29, 0.717) is 5.89 Å². The van der Waals surface area contributed by atoms with Crippen molar-refractivity contribution in [3.05, 3.63) is 35.2 Å². The lowest BCUT2D eigenvalue weighted by molar-refractivity contribution is 0.502. The van der Waals surface area contributed by atoms with Crippen LogP contribution in [0.1, 0.15) is 30.4 Å². The lowest BCUT2D eigenvalue weighted by Gasteiger charge is -1.99. The Bertz CT molecular complexity index is 468. The van der Waals surface area contributed by atoms with E-state index in [1.54, 1.807) is 0 Å². The summed E-state index contributed by atoms with van der Waals surface area (Å²) in [5, 5.41) is 8.10. The normalized spacial score (nSPS) is 10.7. The van der Waals surface area contributed by atoms with Crippen LogP contribution in [0.15, 0.2) is 22.6 Å².